The predicted molar refractivity (Wildman–Crippen MR) is 111 cm³/mol. The lowest BCUT2D eigenvalue weighted by molar-refractivity contribution is 0.415. The summed E-state index contributed by atoms with van der Waals surface area (Å²) in [5, 5.41) is 1.04. The van der Waals surface area contributed by atoms with E-state index in [-0.39, 0.29) is 0 Å². The first-order valence-corrected chi connectivity index (χ1v) is 8.65. The van der Waals surface area contributed by atoms with E-state index in [9.17, 15) is 0 Å². The minimum atomic E-state index is 0.623. The molecule has 2 N–H and O–H groups in total. The van der Waals surface area contributed by atoms with Crippen molar-refractivity contribution < 1.29 is 4.74 Å². The molecule has 0 amide bonds. The molecule has 0 saturated carbocycles. The smallest absolute Gasteiger partial charge is 0.188 e. The number of benzene rings is 3. The normalized spacial score (nSPS) is 10.7. The van der Waals surface area contributed by atoms with E-state index < -0.39 is 0 Å². The number of fused-ring (bicyclic) bond motifs is 1. The van der Waals surface area contributed by atoms with Crippen LogP contribution in [0.25, 0.3) is 32.6 Å². The van der Waals surface area contributed by atoms with E-state index in [2.05, 4.69) is 21.7 Å². The van der Waals surface area contributed by atoms with Gasteiger partial charge in [-0.05, 0) is 65.9 Å². The summed E-state index contributed by atoms with van der Waals surface area (Å²) < 4.78 is 7.41. The monoisotopic (exact) mass is 353 g/mol. The first-order chi connectivity index (χ1) is 13.1. The molecular formula is C23H19N3O. The Bertz CT molecular complexity index is 1180. The van der Waals surface area contributed by atoms with Gasteiger partial charge in [0.15, 0.2) is 5.69 Å². The molecule has 0 atom stereocenters. The van der Waals surface area contributed by atoms with Gasteiger partial charge in [0.25, 0.3) is 0 Å². The van der Waals surface area contributed by atoms with Crippen molar-refractivity contribution in [1.82, 2.24) is 4.57 Å². The minimum Gasteiger partial charge on any atom is -0.497 e. The van der Waals surface area contributed by atoms with Crippen LogP contribution < -0.4 is 10.5 Å². The SMILES string of the molecule is [C-]#[N+]c1ccc2c(c1)c(-c1cccc(N)c1C)cn2-c1ccc(OC)cc1. The third-order valence-corrected chi connectivity index (χ3v) is 4.93. The first-order valence-electron chi connectivity index (χ1n) is 8.65. The third kappa shape index (κ3) is 2.80. The molecule has 1 aromatic heterocycles. The number of ether oxygens (including phenoxy) is 1. The second kappa shape index (κ2) is 6.54. The number of rotatable bonds is 3. The Balaban J connectivity index is 2.01. The molecule has 132 valence electrons. The number of aromatic nitrogens is 1. The summed E-state index contributed by atoms with van der Waals surface area (Å²) in [5.41, 5.74) is 12.8. The molecule has 1 heterocycles. The number of nitrogen functional groups attached to an aromatic ring is 1. The minimum absolute atomic E-state index is 0.623. The second-order valence-electron chi connectivity index (χ2n) is 6.44. The molecule has 0 spiro atoms. The van der Waals surface area contributed by atoms with E-state index >= 15 is 0 Å². The third-order valence-electron chi connectivity index (χ3n) is 4.93. The lowest BCUT2D eigenvalue weighted by Crippen LogP contribution is -1.92. The van der Waals surface area contributed by atoms with Gasteiger partial charge in [0.1, 0.15) is 5.75 Å². The molecule has 3 aromatic carbocycles. The zero-order valence-corrected chi connectivity index (χ0v) is 15.2. The first kappa shape index (κ1) is 16.7. The van der Waals surface area contributed by atoms with Crippen molar-refractivity contribution in [3.8, 4) is 22.6 Å². The Labute approximate surface area is 158 Å². The van der Waals surface area contributed by atoms with Crippen molar-refractivity contribution in [2.24, 2.45) is 0 Å². The van der Waals surface area contributed by atoms with Crippen molar-refractivity contribution in [2.45, 2.75) is 6.92 Å². The molecule has 0 fully saturated rings. The van der Waals surface area contributed by atoms with Crippen LogP contribution in [0.2, 0.25) is 0 Å². The van der Waals surface area contributed by atoms with Gasteiger partial charge < -0.3 is 15.0 Å². The van der Waals surface area contributed by atoms with Gasteiger partial charge in [-0.1, -0.05) is 18.2 Å². The van der Waals surface area contributed by atoms with Crippen LogP contribution in [0, 0.1) is 13.5 Å². The van der Waals surface area contributed by atoms with Crippen LogP contribution in [0.15, 0.2) is 66.9 Å². The van der Waals surface area contributed by atoms with Gasteiger partial charge in [-0.25, -0.2) is 4.85 Å². The average Bonchev–Trinajstić information content (AvgIpc) is 3.08. The summed E-state index contributed by atoms with van der Waals surface area (Å²) in [4.78, 5) is 3.60. The topological polar surface area (TPSA) is 44.5 Å². The Hall–Kier alpha value is -3.71. The average molecular weight is 353 g/mol. The zero-order chi connectivity index (χ0) is 19.0. The maximum atomic E-state index is 7.37. The number of anilines is 1. The molecule has 0 unspecified atom stereocenters. The molecule has 27 heavy (non-hydrogen) atoms. The van der Waals surface area contributed by atoms with Crippen LogP contribution in [0.4, 0.5) is 11.4 Å². The standard InChI is InChI=1S/C23H19N3O/c1-15-19(5-4-6-22(15)24)21-14-26(17-8-10-18(27-3)11-9-17)23-12-7-16(25-2)13-20(21)23/h4-14H,24H2,1,3H3. The van der Waals surface area contributed by atoms with Gasteiger partial charge in [0, 0.05) is 23.1 Å². The van der Waals surface area contributed by atoms with Crippen LogP contribution in [-0.2, 0) is 0 Å². The summed E-state index contributed by atoms with van der Waals surface area (Å²) in [6.45, 7) is 9.40. The molecular weight excluding hydrogens is 334 g/mol. The van der Waals surface area contributed by atoms with Gasteiger partial charge in [0.2, 0.25) is 0 Å². The van der Waals surface area contributed by atoms with Crippen molar-refractivity contribution in [1.29, 1.82) is 0 Å². The molecule has 0 aliphatic carbocycles. The Kier molecular flexibility index (Phi) is 4.06. The van der Waals surface area contributed by atoms with Crippen molar-refractivity contribution in [3.63, 3.8) is 0 Å². The van der Waals surface area contributed by atoms with Gasteiger partial charge in [-0.2, -0.15) is 0 Å². The fraction of sp³-hybridized carbons (Fsp3) is 0.0870. The van der Waals surface area contributed by atoms with Gasteiger partial charge >= 0.3 is 0 Å². The van der Waals surface area contributed by atoms with Crippen LogP contribution in [0.3, 0.4) is 0 Å². The number of nitrogens with zero attached hydrogens (tertiary/aromatic N) is 2. The Morgan fingerprint density at radius 1 is 1.00 bits per heavy atom. The van der Waals surface area contributed by atoms with E-state index in [1.54, 1.807) is 7.11 Å². The van der Waals surface area contributed by atoms with E-state index in [0.717, 1.165) is 44.7 Å². The highest BCUT2D eigenvalue weighted by Gasteiger charge is 2.14. The van der Waals surface area contributed by atoms with Gasteiger partial charge in [-0.3, -0.25) is 0 Å². The maximum Gasteiger partial charge on any atom is 0.188 e. The number of nitrogens with two attached hydrogens (primary N) is 1. The highest BCUT2D eigenvalue weighted by Crippen LogP contribution is 2.37. The number of hydrogen-bond acceptors (Lipinski definition) is 2. The highest BCUT2D eigenvalue weighted by atomic mass is 16.5. The fourth-order valence-electron chi connectivity index (χ4n) is 3.40. The quantitative estimate of drug-likeness (QED) is 0.377. The van der Waals surface area contributed by atoms with Crippen LogP contribution in [0.5, 0.6) is 5.75 Å². The summed E-state index contributed by atoms with van der Waals surface area (Å²) in [6.07, 6.45) is 2.11. The predicted octanol–water partition coefficient (Wildman–Crippen LogP) is 5.75. The second-order valence-corrected chi connectivity index (χ2v) is 6.44. The lowest BCUT2D eigenvalue weighted by Gasteiger charge is -2.07. The summed E-state index contributed by atoms with van der Waals surface area (Å²) >= 11 is 0. The van der Waals surface area contributed by atoms with Crippen molar-refractivity contribution in [3.05, 3.63) is 83.8 Å². The summed E-state index contributed by atoms with van der Waals surface area (Å²) in [7, 11) is 1.66. The van der Waals surface area contributed by atoms with Gasteiger partial charge in [0.05, 0.1) is 19.2 Å². The number of methoxy groups -OCH3 is 1. The molecule has 0 radical (unpaired) electrons. The molecule has 0 saturated heterocycles. The van der Waals surface area contributed by atoms with E-state index in [1.807, 2.05) is 61.5 Å². The van der Waals surface area contributed by atoms with Crippen LogP contribution >= 0.6 is 0 Å². The number of hydrogen-bond donors (Lipinski definition) is 1. The van der Waals surface area contributed by atoms with E-state index in [0.29, 0.717) is 5.69 Å². The molecule has 4 nitrogen and oxygen atoms in total. The maximum absolute atomic E-state index is 7.37. The van der Waals surface area contributed by atoms with Crippen LogP contribution in [-0.4, -0.2) is 11.7 Å². The lowest BCUT2D eigenvalue weighted by atomic mass is 9.99. The molecule has 0 aliphatic rings. The van der Waals surface area contributed by atoms with E-state index in [1.165, 1.54) is 0 Å². The van der Waals surface area contributed by atoms with Crippen molar-refractivity contribution >= 4 is 22.3 Å². The Morgan fingerprint density at radius 3 is 2.48 bits per heavy atom. The molecule has 4 aromatic rings. The molecule has 0 bridgehead atoms. The largest absolute Gasteiger partial charge is 0.497 e. The highest BCUT2D eigenvalue weighted by molar-refractivity contribution is 6.00. The molecule has 4 heteroatoms. The van der Waals surface area contributed by atoms with Crippen LogP contribution in [0.1, 0.15) is 5.56 Å². The Morgan fingerprint density at radius 2 is 1.78 bits per heavy atom. The summed E-state index contributed by atoms with van der Waals surface area (Å²) in [5.74, 6) is 0.817. The van der Waals surface area contributed by atoms with Crippen molar-refractivity contribution in [2.75, 3.05) is 12.8 Å². The summed E-state index contributed by atoms with van der Waals surface area (Å²) in [6, 6.07) is 19.7. The fourth-order valence-corrected chi connectivity index (χ4v) is 3.40. The zero-order valence-electron chi connectivity index (χ0n) is 15.2. The molecule has 4 rings (SSSR count). The van der Waals surface area contributed by atoms with Gasteiger partial charge in [-0.15, -0.1) is 0 Å². The van der Waals surface area contributed by atoms with E-state index in [4.69, 9.17) is 17.0 Å². The molecule has 0 aliphatic heterocycles.